The number of piperazine rings is 1. The number of ether oxygens (including phenoxy) is 1. The smallest absolute Gasteiger partial charge is 0.338 e. The van der Waals surface area contributed by atoms with Crippen LogP contribution in [0.25, 0.3) is 0 Å². The summed E-state index contributed by atoms with van der Waals surface area (Å²) < 4.78 is 5.43. The first kappa shape index (κ1) is 34.6. The van der Waals surface area contributed by atoms with Crippen molar-refractivity contribution in [1.82, 2.24) is 15.1 Å². The van der Waals surface area contributed by atoms with Gasteiger partial charge in [-0.15, -0.1) is 12.4 Å². The molecule has 2 aromatic carbocycles. The number of aldehydes is 1. The van der Waals surface area contributed by atoms with E-state index in [0.717, 1.165) is 62.4 Å². The van der Waals surface area contributed by atoms with E-state index in [0.29, 0.717) is 50.1 Å². The van der Waals surface area contributed by atoms with Crippen LogP contribution < -0.4 is 5.32 Å². The Hall–Kier alpha value is -3.27. The molecule has 244 valence electrons. The summed E-state index contributed by atoms with van der Waals surface area (Å²) in [5.41, 5.74) is 2.00. The van der Waals surface area contributed by atoms with Crippen molar-refractivity contribution < 1.29 is 29.0 Å². The second-order valence-electron chi connectivity index (χ2n) is 12.6. The van der Waals surface area contributed by atoms with Gasteiger partial charge in [0.2, 0.25) is 11.8 Å². The second-order valence-corrected chi connectivity index (χ2v) is 12.6. The molecule has 1 spiro atoms. The molecule has 3 aliphatic rings. The number of aliphatic hydroxyl groups is 1. The first-order chi connectivity index (χ1) is 21.3. The molecule has 10 heteroatoms. The first-order valence-electron chi connectivity index (χ1n) is 16.2. The third-order valence-corrected chi connectivity index (χ3v) is 9.73. The summed E-state index contributed by atoms with van der Waals surface area (Å²) >= 11 is 0. The number of aliphatic hydroxyl groups excluding tert-OH is 1. The fraction of sp³-hybridized carbons (Fsp3) is 0.543. The van der Waals surface area contributed by atoms with Crippen LogP contribution in [0.4, 0.5) is 0 Å². The van der Waals surface area contributed by atoms with Gasteiger partial charge in [-0.25, -0.2) is 4.79 Å². The number of amides is 2. The van der Waals surface area contributed by atoms with Gasteiger partial charge in [-0.1, -0.05) is 69.0 Å². The van der Waals surface area contributed by atoms with E-state index in [2.05, 4.69) is 17.1 Å². The molecule has 9 nitrogen and oxygen atoms in total. The van der Waals surface area contributed by atoms with E-state index in [9.17, 15) is 24.3 Å². The van der Waals surface area contributed by atoms with E-state index in [1.807, 2.05) is 12.1 Å². The number of hydrogen-bond donors (Lipinski definition) is 2. The molecule has 2 atom stereocenters. The Morgan fingerprint density at radius 2 is 1.67 bits per heavy atom. The number of carbonyl (C=O) groups excluding carboxylic acids is 4. The Kier molecular flexibility index (Phi) is 12.2. The van der Waals surface area contributed by atoms with Crippen LogP contribution in [0.15, 0.2) is 48.5 Å². The number of carbonyl (C=O) groups is 4. The van der Waals surface area contributed by atoms with Gasteiger partial charge >= 0.3 is 5.97 Å². The maximum atomic E-state index is 13.8. The van der Waals surface area contributed by atoms with Gasteiger partial charge in [0.25, 0.3) is 0 Å². The molecule has 2 aliphatic heterocycles. The normalized spacial score (nSPS) is 21.1. The third kappa shape index (κ3) is 7.94. The van der Waals surface area contributed by atoms with Crippen LogP contribution in [-0.2, 0) is 27.5 Å². The molecule has 1 saturated carbocycles. The fourth-order valence-corrected chi connectivity index (χ4v) is 6.97. The molecule has 45 heavy (non-hydrogen) atoms. The summed E-state index contributed by atoms with van der Waals surface area (Å²) in [7, 11) is 0. The summed E-state index contributed by atoms with van der Waals surface area (Å²) in [5.74, 6) is -0.625. The highest BCUT2D eigenvalue weighted by molar-refractivity contribution is 6.00. The molecular formula is C35H46ClN3O6. The van der Waals surface area contributed by atoms with Crippen molar-refractivity contribution in [2.75, 3.05) is 19.6 Å². The van der Waals surface area contributed by atoms with Crippen molar-refractivity contribution in [3.05, 3.63) is 70.8 Å². The Bertz CT molecular complexity index is 1300. The lowest BCUT2D eigenvalue weighted by atomic mass is 9.78. The Labute approximate surface area is 272 Å². The lowest BCUT2D eigenvalue weighted by Crippen LogP contribution is -2.75. The summed E-state index contributed by atoms with van der Waals surface area (Å²) in [4.78, 5) is 55.0. The minimum absolute atomic E-state index is 0. The number of esters is 1. The third-order valence-electron chi connectivity index (χ3n) is 9.73. The Morgan fingerprint density at radius 1 is 1.02 bits per heavy atom. The van der Waals surface area contributed by atoms with Gasteiger partial charge in [-0.2, -0.15) is 0 Å². The molecule has 0 unspecified atom stereocenters. The van der Waals surface area contributed by atoms with Crippen molar-refractivity contribution in [2.24, 2.45) is 5.92 Å². The molecule has 0 radical (unpaired) electrons. The van der Waals surface area contributed by atoms with Crippen molar-refractivity contribution in [3.8, 4) is 0 Å². The number of halogens is 1. The molecule has 2 aromatic rings. The van der Waals surface area contributed by atoms with E-state index in [1.165, 1.54) is 0 Å². The topological polar surface area (TPSA) is 116 Å². The second kappa shape index (κ2) is 15.8. The molecule has 2 heterocycles. The molecule has 5 rings (SSSR count). The first-order valence-corrected chi connectivity index (χ1v) is 16.2. The van der Waals surface area contributed by atoms with Crippen LogP contribution in [0, 0.1) is 5.92 Å². The average Bonchev–Trinajstić information content (AvgIpc) is 3.07. The Morgan fingerprint density at radius 3 is 2.29 bits per heavy atom. The molecule has 2 amide bonds. The summed E-state index contributed by atoms with van der Waals surface area (Å²) in [6, 6.07) is 13.4. The largest absolute Gasteiger partial charge is 0.457 e. The molecule has 3 fully saturated rings. The van der Waals surface area contributed by atoms with E-state index in [4.69, 9.17) is 4.74 Å². The highest BCUT2D eigenvalue weighted by atomic mass is 35.5. The van der Waals surface area contributed by atoms with E-state index < -0.39 is 23.7 Å². The lowest BCUT2D eigenvalue weighted by molar-refractivity contribution is -0.166. The molecular weight excluding hydrogens is 594 g/mol. The van der Waals surface area contributed by atoms with Crippen LogP contribution in [0.5, 0.6) is 0 Å². The average molecular weight is 640 g/mol. The Balaban J connectivity index is 0.00000461. The number of hydrogen-bond acceptors (Lipinski definition) is 7. The predicted octanol–water partition coefficient (Wildman–Crippen LogP) is 4.68. The van der Waals surface area contributed by atoms with E-state index in [1.54, 1.807) is 41.3 Å². The number of rotatable bonds is 11. The van der Waals surface area contributed by atoms with Crippen molar-refractivity contribution in [2.45, 2.75) is 95.5 Å². The van der Waals surface area contributed by atoms with Crippen LogP contribution >= 0.6 is 12.4 Å². The van der Waals surface area contributed by atoms with Gasteiger partial charge in [-0.3, -0.25) is 19.3 Å². The zero-order chi connectivity index (χ0) is 31.1. The molecule has 1 aliphatic carbocycles. The van der Waals surface area contributed by atoms with Crippen LogP contribution in [-0.4, -0.2) is 76.3 Å². The highest BCUT2D eigenvalue weighted by Gasteiger charge is 2.55. The summed E-state index contributed by atoms with van der Waals surface area (Å²) in [5, 5.41) is 14.1. The number of piperidine rings is 1. The zero-order valence-corrected chi connectivity index (χ0v) is 26.9. The minimum Gasteiger partial charge on any atom is -0.457 e. The SMILES string of the molecule is CCCCN1C(=O)[C@@H]([C@H](O)C2CCCCC2)NC(=O)C12CCN(Cc1ccc(C(=O)OCc3ccc(C=O)cc3)cc1)CC2.Cl. The van der Waals surface area contributed by atoms with Gasteiger partial charge < -0.3 is 20.1 Å². The number of likely N-dealkylation sites (tertiary alicyclic amines) is 1. The number of nitrogens with one attached hydrogen (secondary N) is 1. The van der Waals surface area contributed by atoms with Gasteiger partial charge in [0.1, 0.15) is 24.5 Å². The number of nitrogens with zero attached hydrogens (tertiary/aromatic N) is 2. The molecule has 2 N–H and O–H groups in total. The molecule has 2 saturated heterocycles. The predicted molar refractivity (Wildman–Crippen MR) is 173 cm³/mol. The summed E-state index contributed by atoms with van der Waals surface area (Å²) in [6.45, 7) is 4.72. The van der Waals surface area contributed by atoms with Gasteiger partial charge in [0.05, 0.1) is 11.7 Å². The fourth-order valence-electron chi connectivity index (χ4n) is 6.97. The zero-order valence-electron chi connectivity index (χ0n) is 26.1. The van der Waals surface area contributed by atoms with Crippen LogP contribution in [0.3, 0.4) is 0 Å². The highest BCUT2D eigenvalue weighted by Crippen LogP contribution is 2.36. The van der Waals surface area contributed by atoms with Crippen molar-refractivity contribution >= 4 is 36.5 Å². The van der Waals surface area contributed by atoms with Gasteiger partial charge in [0, 0.05) is 31.7 Å². The quantitative estimate of drug-likeness (QED) is 0.271. The van der Waals surface area contributed by atoms with Crippen molar-refractivity contribution in [3.63, 3.8) is 0 Å². The van der Waals surface area contributed by atoms with Gasteiger partial charge in [0.15, 0.2) is 0 Å². The maximum absolute atomic E-state index is 13.8. The summed E-state index contributed by atoms with van der Waals surface area (Å²) in [6.07, 6.45) is 7.82. The minimum atomic E-state index is -0.882. The van der Waals surface area contributed by atoms with Gasteiger partial charge in [-0.05, 0) is 61.3 Å². The molecule has 0 aromatic heterocycles. The number of unbranched alkanes of at least 4 members (excludes halogenated alkanes) is 1. The van der Waals surface area contributed by atoms with Crippen molar-refractivity contribution in [1.29, 1.82) is 0 Å². The standard InChI is InChI=1S/C35H45N3O6.ClH/c1-2-3-19-38-32(41)30(31(40)28-7-5-4-6-8-28)36-34(43)35(38)17-20-37(21-18-35)22-25-13-15-29(16-14-25)33(42)44-24-27-11-9-26(23-39)10-12-27;/h9-16,23,28,30-31,40H,2-8,17-22,24H2,1H3,(H,36,43);1H/t30-,31-;/m1./s1. The van der Waals surface area contributed by atoms with Crippen LogP contribution in [0.2, 0.25) is 0 Å². The molecule has 0 bridgehead atoms. The lowest BCUT2D eigenvalue weighted by Gasteiger charge is -2.52. The van der Waals surface area contributed by atoms with E-state index >= 15 is 0 Å². The monoisotopic (exact) mass is 639 g/mol. The van der Waals surface area contributed by atoms with E-state index in [-0.39, 0.29) is 36.7 Å². The van der Waals surface area contributed by atoms with Crippen LogP contribution in [0.1, 0.15) is 96.6 Å². The maximum Gasteiger partial charge on any atom is 0.338 e. The number of benzene rings is 2.